The number of hydrogen-bond donors (Lipinski definition) is 0. The van der Waals surface area contributed by atoms with Gasteiger partial charge in [-0.05, 0) is 38.1 Å². The number of carbonyl (C=O) groups is 1. The molecule has 74 valence electrons. The Kier molecular flexibility index (Phi) is 1.99. The number of likely N-dealkylation sites (tertiary alicyclic amines) is 1. The third-order valence-electron chi connectivity index (χ3n) is 4.02. The van der Waals surface area contributed by atoms with Gasteiger partial charge >= 0.3 is 0 Å². The van der Waals surface area contributed by atoms with Crippen molar-refractivity contribution >= 4 is 5.78 Å². The number of carbonyl (C=O) groups excluding carboxylic acids is 1. The number of likely N-dealkylation sites (N-methyl/N-ethyl adjacent to an activating group) is 1. The van der Waals surface area contributed by atoms with Crippen LogP contribution in [0.5, 0.6) is 0 Å². The summed E-state index contributed by atoms with van der Waals surface area (Å²) in [5, 5.41) is 0. The van der Waals surface area contributed by atoms with Crippen LogP contribution in [-0.4, -0.2) is 30.3 Å². The van der Waals surface area contributed by atoms with Crippen LogP contribution < -0.4 is 0 Å². The third-order valence-corrected chi connectivity index (χ3v) is 4.02. The molecule has 2 aliphatic rings. The average molecular weight is 181 g/mol. The highest BCUT2D eigenvalue weighted by atomic mass is 16.1. The van der Waals surface area contributed by atoms with E-state index < -0.39 is 0 Å². The lowest BCUT2D eigenvalue weighted by Gasteiger charge is -2.14. The monoisotopic (exact) mass is 181 g/mol. The van der Waals surface area contributed by atoms with Crippen LogP contribution in [0.3, 0.4) is 0 Å². The molecule has 2 heteroatoms. The van der Waals surface area contributed by atoms with E-state index >= 15 is 0 Å². The Morgan fingerprint density at radius 3 is 2.62 bits per heavy atom. The first kappa shape index (κ1) is 9.20. The molecule has 1 spiro atoms. The molecule has 13 heavy (non-hydrogen) atoms. The van der Waals surface area contributed by atoms with E-state index in [9.17, 15) is 4.79 Å². The molecule has 0 radical (unpaired) electrons. The largest absolute Gasteiger partial charge is 0.298 e. The van der Waals surface area contributed by atoms with Gasteiger partial charge in [0.1, 0.15) is 5.78 Å². The highest BCUT2D eigenvalue weighted by Gasteiger charge is 2.58. The van der Waals surface area contributed by atoms with Crippen LogP contribution >= 0.6 is 0 Å². The molecule has 2 nitrogen and oxygen atoms in total. The Morgan fingerprint density at radius 1 is 1.54 bits per heavy atom. The van der Waals surface area contributed by atoms with Gasteiger partial charge in [-0.3, -0.25) is 9.69 Å². The SMILES string of the molecule is CC[C@H]1C[C@]12C[C@@H](C(C)=O)N(C)C2. The molecule has 1 aliphatic carbocycles. The molecule has 0 amide bonds. The summed E-state index contributed by atoms with van der Waals surface area (Å²) in [4.78, 5) is 13.6. The van der Waals surface area contributed by atoms with Crippen LogP contribution in [0.4, 0.5) is 0 Å². The molecule has 2 fully saturated rings. The van der Waals surface area contributed by atoms with E-state index in [1.807, 2.05) is 0 Å². The minimum absolute atomic E-state index is 0.219. The molecular weight excluding hydrogens is 162 g/mol. The molecule has 1 heterocycles. The molecule has 0 N–H and O–H groups in total. The topological polar surface area (TPSA) is 20.3 Å². The normalized spacial score (nSPS) is 44.2. The van der Waals surface area contributed by atoms with Crippen LogP contribution in [0, 0.1) is 11.3 Å². The van der Waals surface area contributed by atoms with Gasteiger partial charge in [0.25, 0.3) is 0 Å². The minimum atomic E-state index is 0.219. The summed E-state index contributed by atoms with van der Waals surface area (Å²) in [6.07, 6.45) is 3.77. The van der Waals surface area contributed by atoms with Gasteiger partial charge in [0.05, 0.1) is 6.04 Å². The van der Waals surface area contributed by atoms with Crippen LogP contribution in [0.2, 0.25) is 0 Å². The minimum Gasteiger partial charge on any atom is -0.298 e. The second-order valence-corrected chi connectivity index (χ2v) is 4.92. The molecule has 1 saturated heterocycles. The van der Waals surface area contributed by atoms with Crippen molar-refractivity contribution in [1.82, 2.24) is 4.90 Å². The third kappa shape index (κ3) is 1.32. The van der Waals surface area contributed by atoms with E-state index in [0.29, 0.717) is 11.2 Å². The summed E-state index contributed by atoms with van der Waals surface area (Å²) < 4.78 is 0. The van der Waals surface area contributed by atoms with Gasteiger partial charge < -0.3 is 0 Å². The number of hydrogen-bond acceptors (Lipinski definition) is 2. The van der Waals surface area contributed by atoms with Crippen LogP contribution in [-0.2, 0) is 4.79 Å². The van der Waals surface area contributed by atoms with E-state index in [1.165, 1.54) is 12.8 Å². The molecule has 0 aromatic rings. The molecule has 1 aliphatic heterocycles. The van der Waals surface area contributed by atoms with Crippen molar-refractivity contribution in [2.24, 2.45) is 11.3 Å². The van der Waals surface area contributed by atoms with Crippen molar-refractivity contribution in [1.29, 1.82) is 0 Å². The van der Waals surface area contributed by atoms with E-state index in [0.717, 1.165) is 18.9 Å². The summed E-state index contributed by atoms with van der Waals surface area (Å²) in [6, 6.07) is 0.219. The lowest BCUT2D eigenvalue weighted by Crippen LogP contribution is -2.30. The smallest absolute Gasteiger partial charge is 0.146 e. The fraction of sp³-hybridized carbons (Fsp3) is 0.909. The van der Waals surface area contributed by atoms with Gasteiger partial charge in [-0.15, -0.1) is 0 Å². The Morgan fingerprint density at radius 2 is 2.23 bits per heavy atom. The van der Waals surface area contributed by atoms with E-state index in [-0.39, 0.29) is 6.04 Å². The second-order valence-electron chi connectivity index (χ2n) is 4.92. The Balaban J connectivity index is 2.04. The van der Waals surface area contributed by atoms with E-state index in [1.54, 1.807) is 6.92 Å². The highest BCUT2D eigenvalue weighted by molar-refractivity contribution is 5.82. The van der Waals surface area contributed by atoms with Gasteiger partial charge in [0, 0.05) is 6.54 Å². The zero-order valence-electron chi connectivity index (χ0n) is 8.84. The average Bonchev–Trinajstić information content (AvgIpc) is 2.62. The number of nitrogens with zero attached hydrogens (tertiary/aromatic N) is 1. The summed E-state index contributed by atoms with van der Waals surface area (Å²) in [6.45, 7) is 5.14. The number of ketones is 1. The fourth-order valence-electron chi connectivity index (χ4n) is 3.12. The number of Topliss-reactive ketones (excluding diaryl/α,β-unsaturated/α-hetero) is 1. The van der Waals surface area contributed by atoms with E-state index in [4.69, 9.17) is 0 Å². The maximum absolute atomic E-state index is 11.3. The first-order valence-electron chi connectivity index (χ1n) is 5.30. The zero-order chi connectivity index (χ0) is 9.64. The van der Waals surface area contributed by atoms with Gasteiger partial charge in [-0.1, -0.05) is 13.3 Å². The van der Waals surface area contributed by atoms with Crippen LogP contribution in [0.15, 0.2) is 0 Å². The molecule has 0 unspecified atom stereocenters. The zero-order valence-corrected chi connectivity index (χ0v) is 8.84. The molecule has 1 saturated carbocycles. The van der Waals surface area contributed by atoms with Crippen molar-refractivity contribution in [2.45, 2.75) is 39.2 Å². The van der Waals surface area contributed by atoms with Crippen molar-refractivity contribution in [3.8, 4) is 0 Å². The van der Waals surface area contributed by atoms with Crippen molar-refractivity contribution in [3.63, 3.8) is 0 Å². The molecule has 0 bridgehead atoms. The quantitative estimate of drug-likeness (QED) is 0.646. The first-order chi connectivity index (χ1) is 6.09. The van der Waals surface area contributed by atoms with Gasteiger partial charge in [-0.25, -0.2) is 0 Å². The first-order valence-corrected chi connectivity index (χ1v) is 5.30. The maximum atomic E-state index is 11.3. The fourth-order valence-corrected chi connectivity index (χ4v) is 3.12. The molecular formula is C11H19NO. The lowest BCUT2D eigenvalue weighted by atomic mass is 9.97. The Labute approximate surface area is 80.3 Å². The maximum Gasteiger partial charge on any atom is 0.146 e. The molecule has 0 aromatic carbocycles. The summed E-state index contributed by atoms with van der Waals surface area (Å²) >= 11 is 0. The van der Waals surface area contributed by atoms with Crippen LogP contribution in [0.25, 0.3) is 0 Å². The number of rotatable bonds is 2. The standard InChI is InChI=1S/C11H19NO/c1-4-9-5-11(9)6-10(8(2)13)12(3)7-11/h9-10H,4-7H2,1-3H3/t9-,10-,11+/m0/s1. The summed E-state index contributed by atoms with van der Waals surface area (Å²) in [7, 11) is 2.09. The molecule has 2 rings (SSSR count). The van der Waals surface area contributed by atoms with Gasteiger partial charge in [-0.2, -0.15) is 0 Å². The molecule has 3 atom stereocenters. The highest BCUT2D eigenvalue weighted by Crippen LogP contribution is 2.61. The van der Waals surface area contributed by atoms with Crippen molar-refractivity contribution < 1.29 is 4.79 Å². The Bertz CT molecular complexity index is 238. The van der Waals surface area contributed by atoms with E-state index in [2.05, 4.69) is 18.9 Å². The predicted molar refractivity (Wildman–Crippen MR) is 52.5 cm³/mol. The van der Waals surface area contributed by atoms with Crippen molar-refractivity contribution in [2.75, 3.05) is 13.6 Å². The second kappa shape index (κ2) is 2.81. The summed E-state index contributed by atoms with van der Waals surface area (Å²) in [5.74, 6) is 1.25. The molecule has 0 aromatic heterocycles. The van der Waals surface area contributed by atoms with Gasteiger partial charge in [0.15, 0.2) is 0 Å². The van der Waals surface area contributed by atoms with Crippen molar-refractivity contribution in [3.05, 3.63) is 0 Å². The lowest BCUT2D eigenvalue weighted by molar-refractivity contribution is -0.120. The predicted octanol–water partition coefficient (Wildman–Crippen LogP) is 1.70. The Hall–Kier alpha value is -0.370. The summed E-state index contributed by atoms with van der Waals surface area (Å²) in [5.41, 5.74) is 0.542. The van der Waals surface area contributed by atoms with Gasteiger partial charge in [0.2, 0.25) is 0 Å². The van der Waals surface area contributed by atoms with Crippen LogP contribution in [0.1, 0.15) is 33.1 Å².